The van der Waals surface area contributed by atoms with Gasteiger partial charge in [0.05, 0.1) is 0 Å². The van der Waals surface area contributed by atoms with E-state index in [0.717, 1.165) is 25.9 Å². The molecule has 1 saturated heterocycles. The van der Waals surface area contributed by atoms with Gasteiger partial charge in [-0.05, 0) is 43.2 Å². The second-order valence-corrected chi connectivity index (χ2v) is 5.55. The molecule has 3 rings (SSSR count). The molecule has 1 saturated carbocycles. The Hall–Kier alpha value is -1.09. The summed E-state index contributed by atoms with van der Waals surface area (Å²) in [5.74, 6) is 0.0878. The first-order valence-corrected chi connectivity index (χ1v) is 6.47. The summed E-state index contributed by atoms with van der Waals surface area (Å²) < 4.78 is 0. The van der Waals surface area contributed by atoms with Gasteiger partial charge in [0.1, 0.15) is 5.15 Å². The third-order valence-corrected chi connectivity index (χ3v) is 4.25. The smallest absolute Gasteiger partial charge is 0.254 e. The lowest BCUT2D eigenvalue weighted by molar-refractivity contribution is 0.0678. The van der Waals surface area contributed by atoms with E-state index in [4.69, 9.17) is 11.6 Å². The highest BCUT2D eigenvalue weighted by molar-refractivity contribution is 6.29. The number of pyridine rings is 1. The Morgan fingerprint density at radius 1 is 1.29 bits per heavy atom. The maximum atomic E-state index is 12.2. The lowest BCUT2D eigenvalue weighted by Gasteiger charge is -2.32. The summed E-state index contributed by atoms with van der Waals surface area (Å²) in [5.41, 5.74) is 1.25. The molecule has 1 amide bonds. The number of hydrogen-bond acceptors (Lipinski definition) is 2. The molecule has 2 fully saturated rings. The molecule has 0 aromatic carbocycles. The van der Waals surface area contributed by atoms with E-state index in [2.05, 4.69) is 4.98 Å². The van der Waals surface area contributed by atoms with Crippen LogP contribution in [-0.2, 0) is 0 Å². The van der Waals surface area contributed by atoms with Gasteiger partial charge in [0.2, 0.25) is 0 Å². The molecule has 1 spiro atoms. The van der Waals surface area contributed by atoms with Crippen molar-refractivity contribution in [2.24, 2.45) is 5.41 Å². The fourth-order valence-electron chi connectivity index (χ4n) is 2.58. The molecule has 0 N–H and O–H groups in total. The highest BCUT2D eigenvalue weighted by atomic mass is 35.5. The molecule has 17 heavy (non-hydrogen) atoms. The van der Waals surface area contributed by atoms with Crippen molar-refractivity contribution in [3.63, 3.8) is 0 Å². The van der Waals surface area contributed by atoms with Crippen LogP contribution in [0, 0.1) is 5.41 Å². The second kappa shape index (κ2) is 3.98. The fourth-order valence-corrected chi connectivity index (χ4v) is 2.75. The Balaban J connectivity index is 1.70. The Morgan fingerprint density at radius 2 is 2.00 bits per heavy atom. The third-order valence-electron chi connectivity index (χ3n) is 4.04. The molecule has 3 nitrogen and oxygen atoms in total. The normalized spacial score (nSPS) is 21.6. The number of hydrogen-bond donors (Lipinski definition) is 0. The summed E-state index contributed by atoms with van der Waals surface area (Å²) in [6.07, 6.45) is 6.63. The van der Waals surface area contributed by atoms with Crippen LogP contribution in [0.4, 0.5) is 0 Å². The number of carbonyl (C=O) groups excluding carboxylic acids is 1. The Morgan fingerprint density at radius 3 is 2.59 bits per heavy atom. The molecule has 0 atom stereocenters. The van der Waals surface area contributed by atoms with Gasteiger partial charge in [0, 0.05) is 24.8 Å². The predicted molar refractivity (Wildman–Crippen MR) is 66.1 cm³/mol. The fraction of sp³-hybridized carbons (Fsp3) is 0.538. The number of likely N-dealkylation sites (tertiary alicyclic amines) is 1. The van der Waals surface area contributed by atoms with Crippen LogP contribution in [0.2, 0.25) is 5.15 Å². The van der Waals surface area contributed by atoms with Crippen molar-refractivity contribution in [2.45, 2.75) is 25.7 Å². The molecular formula is C13H15ClN2O. The zero-order chi connectivity index (χ0) is 11.9. The van der Waals surface area contributed by atoms with Crippen molar-refractivity contribution in [3.8, 4) is 0 Å². The summed E-state index contributed by atoms with van der Waals surface area (Å²) in [4.78, 5) is 18.1. The molecular weight excluding hydrogens is 236 g/mol. The molecule has 0 radical (unpaired) electrons. The molecule has 1 aliphatic carbocycles. The van der Waals surface area contributed by atoms with Gasteiger partial charge in [-0.1, -0.05) is 11.6 Å². The number of halogens is 1. The van der Waals surface area contributed by atoms with Crippen molar-refractivity contribution in [1.82, 2.24) is 9.88 Å². The molecule has 0 unspecified atom stereocenters. The van der Waals surface area contributed by atoms with E-state index < -0.39 is 0 Å². The van der Waals surface area contributed by atoms with Crippen molar-refractivity contribution < 1.29 is 4.79 Å². The van der Waals surface area contributed by atoms with Crippen LogP contribution in [-0.4, -0.2) is 28.9 Å². The summed E-state index contributed by atoms with van der Waals surface area (Å²) in [6.45, 7) is 1.78. The average molecular weight is 251 g/mol. The minimum atomic E-state index is 0.0878. The van der Waals surface area contributed by atoms with E-state index in [0.29, 0.717) is 16.1 Å². The van der Waals surface area contributed by atoms with Gasteiger partial charge in [0.15, 0.2) is 0 Å². The lowest BCUT2D eigenvalue weighted by Crippen LogP contribution is -2.39. The third kappa shape index (κ3) is 2.16. The van der Waals surface area contributed by atoms with E-state index in [1.165, 1.54) is 12.8 Å². The summed E-state index contributed by atoms with van der Waals surface area (Å²) >= 11 is 5.80. The van der Waals surface area contributed by atoms with Crippen LogP contribution in [0.5, 0.6) is 0 Å². The molecule has 90 valence electrons. The Bertz CT molecular complexity index is 446. The van der Waals surface area contributed by atoms with Gasteiger partial charge < -0.3 is 4.90 Å². The molecule has 2 heterocycles. The van der Waals surface area contributed by atoms with Gasteiger partial charge in [-0.25, -0.2) is 4.98 Å². The number of rotatable bonds is 1. The van der Waals surface area contributed by atoms with Crippen molar-refractivity contribution >= 4 is 17.5 Å². The van der Waals surface area contributed by atoms with Crippen molar-refractivity contribution in [1.29, 1.82) is 0 Å². The minimum Gasteiger partial charge on any atom is -0.339 e. The van der Waals surface area contributed by atoms with Gasteiger partial charge >= 0.3 is 0 Å². The number of amides is 1. The Labute approximate surface area is 106 Å². The summed E-state index contributed by atoms with van der Waals surface area (Å²) in [5, 5.41) is 0.381. The van der Waals surface area contributed by atoms with Gasteiger partial charge in [0.25, 0.3) is 5.91 Å². The first-order valence-electron chi connectivity index (χ1n) is 6.09. The van der Waals surface area contributed by atoms with Crippen LogP contribution in [0.15, 0.2) is 18.3 Å². The first-order chi connectivity index (χ1) is 8.19. The van der Waals surface area contributed by atoms with E-state index in [1.54, 1.807) is 18.3 Å². The van der Waals surface area contributed by atoms with Gasteiger partial charge in [-0.2, -0.15) is 0 Å². The summed E-state index contributed by atoms with van der Waals surface area (Å²) in [7, 11) is 0. The zero-order valence-corrected chi connectivity index (χ0v) is 10.4. The van der Waals surface area contributed by atoms with Crippen LogP contribution in [0.1, 0.15) is 36.0 Å². The highest BCUT2D eigenvalue weighted by Crippen LogP contribution is 2.53. The van der Waals surface area contributed by atoms with Gasteiger partial charge in [-0.15, -0.1) is 0 Å². The van der Waals surface area contributed by atoms with Crippen LogP contribution in [0.25, 0.3) is 0 Å². The first kappa shape index (κ1) is 11.0. The van der Waals surface area contributed by atoms with Crippen LogP contribution in [0.3, 0.4) is 0 Å². The molecule has 1 aromatic heterocycles. The largest absolute Gasteiger partial charge is 0.339 e. The molecule has 2 aliphatic rings. The van der Waals surface area contributed by atoms with Crippen molar-refractivity contribution in [2.75, 3.05) is 13.1 Å². The summed E-state index contributed by atoms with van der Waals surface area (Å²) in [6, 6.07) is 3.38. The predicted octanol–water partition coefficient (Wildman–Crippen LogP) is 2.75. The maximum absolute atomic E-state index is 12.2. The molecule has 4 heteroatoms. The number of carbonyl (C=O) groups is 1. The topological polar surface area (TPSA) is 33.2 Å². The number of piperidine rings is 1. The zero-order valence-electron chi connectivity index (χ0n) is 9.66. The average Bonchev–Trinajstić information content (AvgIpc) is 3.09. The lowest BCUT2D eigenvalue weighted by atomic mass is 9.93. The molecule has 0 bridgehead atoms. The van der Waals surface area contributed by atoms with E-state index in [-0.39, 0.29) is 5.91 Å². The number of aromatic nitrogens is 1. The molecule has 1 aromatic rings. The highest BCUT2D eigenvalue weighted by Gasteiger charge is 2.45. The van der Waals surface area contributed by atoms with Gasteiger partial charge in [-0.3, -0.25) is 4.79 Å². The minimum absolute atomic E-state index is 0.0878. The van der Waals surface area contributed by atoms with Crippen LogP contribution >= 0.6 is 11.6 Å². The van der Waals surface area contributed by atoms with Crippen molar-refractivity contribution in [3.05, 3.63) is 29.0 Å². The van der Waals surface area contributed by atoms with E-state index in [9.17, 15) is 4.79 Å². The van der Waals surface area contributed by atoms with E-state index >= 15 is 0 Å². The maximum Gasteiger partial charge on any atom is 0.254 e. The second-order valence-electron chi connectivity index (χ2n) is 5.16. The quantitative estimate of drug-likeness (QED) is 0.718. The SMILES string of the molecule is O=C(c1ccnc(Cl)c1)N1CCC2(CC1)CC2. The van der Waals surface area contributed by atoms with E-state index in [1.807, 2.05) is 4.90 Å². The standard InChI is InChI=1S/C13H15ClN2O/c14-11-9-10(1-6-15-11)12(17)16-7-4-13(2-3-13)5-8-16/h1,6,9H,2-5,7-8H2. The molecule has 1 aliphatic heterocycles. The number of nitrogens with zero attached hydrogens (tertiary/aromatic N) is 2. The monoisotopic (exact) mass is 250 g/mol. The van der Waals surface area contributed by atoms with Crippen LogP contribution < -0.4 is 0 Å². The Kier molecular flexibility index (Phi) is 2.58.